The van der Waals surface area contributed by atoms with E-state index < -0.39 is 0 Å². The minimum absolute atomic E-state index is 0.956. The average molecular weight is 172 g/mol. The van der Waals surface area contributed by atoms with Gasteiger partial charge in [0.2, 0.25) is 0 Å². The van der Waals surface area contributed by atoms with Gasteiger partial charge in [0.15, 0.2) is 0 Å². The van der Waals surface area contributed by atoms with E-state index in [-0.39, 0.29) is 0 Å². The zero-order valence-electron chi connectivity index (χ0n) is 8.16. The minimum atomic E-state index is 0.956. The lowest BCUT2D eigenvalue weighted by Crippen LogP contribution is -1.84. The van der Waals surface area contributed by atoms with E-state index in [0.29, 0.717) is 0 Å². The van der Waals surface area contributed by atoms with Crippen LogP contribution >= 0.6 is 0 Å². The number of hydrogen-bond acceptors (Lipinski definition) is 0. The quantitative estimate of drug-likeness (QED) is 0.607. The van der Waals surface area contributed by atoms with Crippen molar-refractivity contribution >= 4 is 0 Å². The smallest absolute Gasteiger partial charge is 0.00318 e. The van der Waals surface area contributed by atoms with Crippen LogP contribution in [-0.2, 0) is 6.42 Å². The Morgan fingerprint density at radius 1 is 1.31 bits per heavy atom. The number of rotatable bonds is 4. The first-order valence-electron chi connectivity index (χ1n) is 4.71. The van der Waals surface area contributed by atoms with Gasteiger partial charge in [-0.3, -0.25) is 0 Å². The second-order valence-electron chi connectivity index (χ2n) is 3.13. The van der Waals surface area contributed by atoms with E-state index in [1.54, 1.807) is 0 Å². The maximum absolute atomic E-state index is 4.00. The monoisotopic (exact) mass is 172 g/mol. The summed E-state index contributed by atoms with van der Waals surface area (Å²) in [5.74, 6) is 0. The van der Waals surface area contributed by atoms with Gasteiger partial charge in [-0.05, 0) is 18.4 Å². The molecule has 0 aromatic heterocycles. The number of allylic oxidation sites excluding steroid dienone is 3. The summed E-state index contributed by atoms with van der Waals surface area (Å²) in [6.45, 7) is 6.13. The highest BCUT2D eigenvalue weighted by Gasteiger charge is 1.91. The third-order valence-corrected chi connectivity index (χ3v) is 1.86. The van der Waals surface area contributed by atoms with E-state index in [4.69, 9.17) is 0 Å². The Balaban J connectivity index is 2.50. The molecular weight excluding hydrogens is 156 g/mol. The fourth-order valence-corrected chi connectivity index (χ4v) is 1.20. The summed E-state index contributed by atoms with van der Waals surface area (Å²) in [6, 6.07) is 10.4. The zero-order valence-corrected chi connectivity index (χ0v) is 8.16. The van der Waals surface area contributed by atoms with E-state index in [2.05, 4.69) is 49.9 Å². The molecule has 0 fully saturated rings. The fraction of sp³-hybridized carbons (Fsp3) is 0.231. The lowest BCUT2D eigenvalue weighted by atomic mass is 10.1. The summed E-state index contributed by atoms with van der Waals surface area (Å²) in [6.07, 6.45) is 6.28. The third kappa shape index (κ3) is 3.75. The largest absolute Gasteiger partial charge is 0.0955 e. The van der Waals surface area contributed by atoms with Gasteiger partial charge in [-0.1, -0.05) is 61.6 Å². The topological polar surface area (TPSA) is 0 Å². The molecule has 0 atom stereocenters. The second-order valence-corrected chi connectivity index (χ2v) is 3.13. The second kappa shape index (κ2) is 5.36. The summed E-state index contributed by atoms with van der Waals surface area (Å²) in [5, 5.41) is 0. The van der Waals surface area contributed by atoms with Crippen molar-refractivity contribution in [2.75, 3.05) is 0 Å². The summed E-state index contributed by atoms with van der Waals surface area (Å²) in [4.78, 5) is 0. The highest BCUT2D eigenvalue weighted by molar-refractivity contribution is 5.25. The standard InChI is InChI=1S/C13H16/c1-3-4-8-12(2)11-13-9-6-5-7-10-13/h4-10H,2-3,11H2,1H3/b8-4-. The van der Waals surface area contributed by atoms with E-state index >= 15 is 0 Å². The van der Waals surface area contributed by atoms with Gasteiger partial charge < -0.3 is 0 Å². The first kappa shape index (κ1) is 9.79. The lowest BCUT2D eigenvalue weighted by Gasteiger charge is -1.99. The fourth-order valence-electron chi connectivity index (χ4n) is 1.20. The molecule has 0 aliphatic carbocycles. The van der Waals surface area contributed by atoms with Gasteiger partial charge >= 0.3 is 0 Å². The minimum Gasteiger partial charge on any atom is -0.0955 e. The highest BCUT2D eigenvalue weighted by Crippen LogP contribution is 2.07. The molecule has 0 nitrogen and oxygen atoms in total. The molecule has 0 heteroatoms. The Bertz CT molecular complexity index is 280. The Morgan fingerprint density at radius 3 is 2.62 bits per heavy atom. The molecule has 0 N–H and O–H groups in total. The highest BCUT2D eigenvalue weighted by atomic mass is 14.0. The van der Waals surface area contributed by atoms with Gasteiger partial charge in [-0.25, -0.2) is 0 Å². The Morgan fingerprint density at radius 2 is 2.00 bits per heavy atom. The molecule has 0 amide bonds. The maximum Gasteiger partial charge on any atom is -0.00318 e. The predicted molar refractivity (Wildman–Crippen MR) is 58.7 cm³/mol. The van der Waals surface area contributed by atoms with Crippen LogP contribution in [0.15, 0.2) is 54.6 Å². The summed E-state index contributed by atoms with van der Waals surface area (Å²) < 4.78 is 0. The van der Waals surface area contributed by atoms with Crippen molar-refractivity contribution in [1.82, 2.24) is 0 Å². The molecule has 0 unspecified atom stereocenters. The van der Waals surface area contributed by atoms with Crippen LogP contribution < -0.4 is 0 Å². The molecular formula is C13H16. The van der Waals surface area contributed by atoms with Crippen molar-refractivity contribution in [2.45, 2.75) is 19.8 Å². The molecule has 13 heavy (non-hydrogen) atoms. The molecule has 0 spiro atoms. The van der Waals surface area contributed by atoms with E-state index in [0.717, 1.165) is 12.8 Å². The van der Waals surface area contributed by atoms with Gasteiger partial charge in [-0.2, -0.15) is 0 Å². The van der Waals surface area contributed by atoms with Crippen molar-refractivity contribution in [1.29, 1.82) is 0 Å². The van der Waals surface area contributed by atoms with Gasteiger partial charge in [-0.15, -0.1) is 0 Å². The van der Waals surface area contributed by atoms with Gasteiger partial charge in [0.05, 0.1) is 0 Å². The normalized spacial score (nSPS) is 10.5. The molecule has 0 radical (unpaired) electrons. The van der Waals surface area contributed by atoms with Crippen molar-refractivity contribution in [2.24, 2.45) is 0 Å². The summed E-state index contributed by atoms with van der Waals surface area (Å²) in [7, 11) is 0. The van der Waals surface area contributed by atoms with Crippen LogP contribution in [0, 0.1) is 0 Å². The van der Waals surface area contributed by atoms with E-state index in [1.165, 1.54) is 11.1 Å². The molecule has 0 bridgehead atoms. The Kier molecular flexibility index (Phi) is 4.04. The Labute approximate surface area is 80.6 Å². The first-order valence-corrected chi connectivity index (χ1v) is 4.71. The molecule has 1 rings (SSSR count). The van der Waals surface area contributed by atoms with Gasteiger partial charge in [0.1, 0.15) is 0 Å². The predicted octanol–water partition coefficient (Wildman–Crippen LogP) is 3.75. The summed E-state index contributed by atoms with van der Waals surface area (Å²) in [5.41, 5.74) is 2.50. The van der Waals surface area contributed by atoms with Crippen LogP contribution in [0.1, 0.15) is 18.9 Å². The molecule has 68 valence electrons. The molecule has 1 aromatic carbocycles. The molecule has 0 aliphatic heterocycles. The maximum atomic E-state index is 4.00. The third-order valence-electron chi connectivity index (χ3n) is 1.86. The van der Waals surface area contributed by atoms with Gasteiger partial charge in [0.25, 0.3) is 0 Å². The van der Waals surface area contributed by atoms with Crippen LogP contribution in [0.25, 0.3) is 0 Å². The van der Waals surface area contributed by atoms with Crippen molar-refractivity contribution in [3.63, 3.8) is 0 Å². The molecule has 0 heterocycles. The van der Waals surface area contributed by atoms with Crippen LogP contribution in [-0.4, -0.2) is 0 Å². The first-order chi connectivity index (χ1) is 6.33. The van der Waals surface area contributed by atoms with Crippen LogP contribution in [0.2, 0.25) is 0 Å². The number of benzene rings is 1. The van der Waals surface area contributed by atoms with E-state index in [1.807, 2.05) is 6.07 Å². The number of hydrogen-bond donors (Lipinski definition) is 0. The molecule has 1 aromatic rings. The van der Waals surface area contributed by atoms with Gasteiger partial charge in [0, 0.05) is 0 Å². The summed E-state index contributed by atoms with van der Waals surface area (Å²) >= 11 is 0. The zero-order chi connectivity index (χ0) is 9.52. The van der Waals surface area contributed by atoms with Crippen molar-refractivity contribution < 1.29 is 0 Å². The van der Waals surface area contributed by atoms with Crippen LogP contribution in [0.4, 0.5) is 0 Å². The van der Waals surface area contributed by atoms with E-state index in [9.17, 15) is 0 Å². The average Bonchev–Trinajstić information content (AvgIpc) is 2.16. The molecule has 0 saturated heterocycles. The lowest BCUT2D eigenvalue weighted by molar-refractivity contribution is 1.17. The SMILES string of the molecule is C=C(/C=C\CC)Cc1ccccc1. The molecule has 0 aliphatic rings. The Hall–Kier alpha value is -1.30. The van der Waals surface area contributed by atoms with Crippen molar-refractivity contribution in [3.05, 3.63) is 60.2 Å². The van der Waals surface area contributed by atoms with Crippen molar-refractivity contribution in [3.8, 4) is 0 Å². The molecule has 0 saturated carbocycles. The van der Waals surface area contributed by atoms with Crippen LogP contribution in [0.3, 0.4) is 0 Å². The van der Waals surface area contributed by atoms with Crippen LogP contribution in [0.5, 0.6) is 0 Å².